The van der Waals surface area contributed by atoms with Crippen molar-refractivity contribution in [3.8, 4) is 6.07 Å². The number of ether oxygens (including phenoxy) is 1. The van der Waals surface area contributed by atoms with Crippen LogP contribution in [0.5, 0.6) is 0 Å². The highest BCUT2D eigenvalue weighted by atomic mass is 16.5. The van der Waals surface area contributed by atoms with Gasteiger partial charge in [0, 0.05) is 50.3 Å². The van der Waals surface area contributed by atoms with Gasteiger partial charge < -0.3 is 19.9 Å². The Morgan fingerprint density at radius 1 is 1.18 bits per heavy atom. The van der Waals surface area contributed by atoms with E-state index in [9.17, 15) is 10.1 Å². The lowest BCUT2D eigenvalue weighted by molar-refractivity contribution is -0.0742. The molecule has 3 saturated heterocycles. The number of piperidine rings is 1. The Kier molecular flexibility index (Phi) is 7.89. The first-order valence-electron chi connectivity index (χ1n) is 15.9. The van der Waals surface area contributed by atoms with E-state index in [0.717, 1.165) is 74.7 Å². The van der Waals surface area contributed by atoms with E-state index in [0.29, 0.717) is 43.0 Å². The number of carbonyl (C=O) groups excluding carboxylic acids is 1. The van der Waals surface area contributed by atoms with Gasteiger partial charge in [0.2, 0.25) is 5.95 Å². The third-order valence-corrected chi connectivity index (χ3v) is 9.64. The monoisotopic (exact) mass is 608 g/mol. The van der Waals surface area contributed by atoms with Gasteiger partial charge in [-0.05, 0) is 80.2 Å². The molecule has 12 heteroatoms. The molecule has 0 bridgehead atoms. The summed E-state index contributed by atoms with van der Waals surface area (Å²) in [5.41, 5.74) is 3.98. The van der Waals surface area contributed by atoms with Crippen molar-refractivity contribution in [2.75, 3.05) is 63.2 Å². The van der Waals surface area contributed by atoms with E-state index in [1.165, 1.54) is 0 Å². The molecular weight excluding hydrogens is 568 g/mol. The second-order valence-electron chi connectivity index (χ2n) is 12.7. The zero-order valence-electron chi connectivity index (χ0n) is 26.0. The lowest BCUT2D eigenvalue weighted by atomic mass is 9.86. The summed E-state index contributed by atoms with van der Waals surface area (Å²) in [7, 11) is 1.90. The predicted molar refractivity (Wildman–Crippen MR) is 171 cm³/mol. The highest BCUT2D eigenvalue weighted by Crippen LogP contribution is 2.37. The molecule has 4 aromatic rings. The molecule has 3 aromatic heterocycles. The van der Waals surface area contributed by atoms with Crippen molar-refractivity contribution in [3.63, 3.8) is 0 Å². The van der Waals surface area contributed by atoms with E-state index in [4.69, 9.17) is 9.72 Å². The fourth-order valence-electron chi connectivity index (χ4n) is 6.76. The molecule has 3 aliphatic rings. The van der Waals surface area contributed by atoms with Gasteiger partial charge in [-0.25, -0.2) is 4.52 Å². The van der Waals surface area contributed by atoms with Gasteiger partial charge in [0.25, 0.3) is 5.91 Å². The third kappa shape index (κ3) is 5.74. The standard InChI is InChI=1S/C33H40N10O2/c1-3-24-17-35-43(19-24)33(12-13-34)22-41(23-33)29-5-4-14-42-30(29)37-32(38-42)36-27-8-6-26(7-9-27)31(44)39(2)18-25-10-15-40(16-11-25)28-20-45-21-28/h4-9,14,17,19,25,28H,3,10-12,15-16,18,20-23H2,1-2H3,(H,36,38). The normalized spacial score (nSPS) is 18.7. The van der Waals surface area contributed by atoms with Crippen LogP contribution in [-0.2, 0) is 16.7 Å². The molecule has 3 fully saturated rings. The maximum absolute atomic E-state index is 13.2. The number of rotatable bonds is 10. The molecule has 0 radical (unpaired) electrons. The molecular formula is C33H40N10O2. The zero-order valence-corrected chi connectivity index (χ0v) is 26.0. The van der Waals surface area contributed by atoms with Crippen molar-refractivity contribution in [2.45, 2.75) is 44.2 Å². The van der Waals surface area contributed by atoms with Crippen molar-refractivity contribution >= 4 is 28.9 Å². The lowest BCUT2D eigenvalue weighted by Crippen LogP contribution is -2.63. The second-order valence-corrected chi connectivity index (χ2v) is 12.7. The third-order valence-electron chi connectivity index (χ3n) is 9.64. The van der Waals surface area contributed by atoms with E-state index in [2.05, 4.69) is 44.5 Å². The van der Waals surface area contributed by atoms with E-state index < -0.39 is 0 Å². The van der Waals surface area contributed by atoms with Crippen LogP contribution in [0, 0.1) is 17.2 Å². The molecule has 0 atom stereocenters. The van der Waals surface area contributed by atoms with Gasteiger partial charge in [-0.2, -0.15) is 15.3 Å². The Balaban J connectivity index is 0.975. The van der Waals surface area contributed by atoms with E-state index in [1.807, 2.05) is 65.4 Å². The zero-order chi connectivity index (χ0) is 31.0. The number of likely N-dealkylation sites (tertiary alicyclic amines) is 1. The number of nitrogens with zero attached hydrogens (tertiary/aromatic N) is 9. The summed E-state index contributed by atoms with van der Waals surface area (Å²) in [6.45, 7) is 8.11. The van der Waals surface area contributed by atoms with Crippen LogP contribution in [0.4, 0.5) is 17.3 Å². The molecule has 7 rings (SSSR count). The Morgan fingerprint density at radius 2 is 1.96 bits per heavy atom. The van der Waals surface area contributed by atoms with Gasteiger partial charge in [-0.15, -0.1) is 5.10 Å². The smallest absolute Gasteiger partial charge is 0.253 e. The van der Waals surface area contributed by atoms with Crippen molar-refractivity contribution in [3.05, 3.63) is 66.1 Å². The van der Waals surface area contributed by atoms with Gasteiger partial charge in [0.15, 0.2) is 5.65 Å². The van der Waals surface area contributed by atoms with Gasteiger partial charge in [0.05, 0.1) is 43.6 Å². The van der Waals surface area contributed by atoms with Gasteiger partial charge in [-0.1, -0.05) is 6.92 Å². The maximum atomic E-state index is 13.2. The van der Waals surface area contributed by atoms with E-state index in [1.54, 1.807) is 4.52 Å². The van der Waals surface area contributed by atoms with Crippen LogP contribution in [0.25, 0.3) is 5.65 Å². The molecule has 0 unspecified atom stereocenters. The first kappa shape index (κ1) is 29.3. The quantitative estimate of drug-likeness (QED) is 0.288. The molecule has 45 heavy (non-hydrogen) atoms. The number of hydrogen-bond donors (Lipinski definition) is 1. The van der Waals surface area contributed by atoms with Crippen LogP contribution in [0.15, 0.2) is 55.0 Å². The summed E-state index contributed by atoms with van der Waals surface area (Å²) >= 11 is 0. The summed E-state index contributed by atoms with van der Waals surface area (Å²) in [6, 6.07) is 14.4. The number of nitrogens with one attached hydrogen (secondary N) is 1. The van der Waals surface area contributed by atoms with Gasteiger partial charge >= 0.3 is 0 Å². The molecule has 12 nitrogen and oxygen atoms in total. The molecule has 1 amide bonds. The average molecular weight is 609 g/mol. The average Bonchev–Trinajstić information content (AvgIpc) is 3.66. The fraction of sp³-hybridized carbons (Fsp3) is 0.485. The minimum Gasteiger partial charge on any atom is -0.378 e. The highest BCUT2D eigenvalue weighted by Gasteiger charge is 2.46. The molecule has 1 aromatic carbocycles. The molecule has 1 N–H and O–H groups in total. The Hall–Kier alpha value is -4.47. The summed E-state index contributed by atoms with van der Waals surface area (Å²) in [5.74, 6) is 1.04. The molecule has 234 valence electrons. The van der Waals surface area contributed by atoms with E-state index in [-0.39, 0.29) is 11.4 Å². The second kappa shape index (κ2) is 12.1. The number of amides is 1. The first-order chi connectivity index (χ1) is 21.9. The van der Waals surface area contributed by atoms with Crippen LogP contribution >= 0.6 is 0 Å². The molecule has 0 aliphatic carbocycles. The summed E-state index contributed by atoms with van der Waals surface area (Å²) in [6.07, 6.45) is 9.36. The number of anilines is 3. The Morgan fingerprint density at radius 3 is 2.62 bits per heavy atom. The van der Waals surface area contributed by atoms with Crippen molar-refractivity contribution in [1.29, 1.82) is 5.26 Å². The lowest BCUT2D eigenvalue weighted by Gasteiger charge is -2.50. The van der Waals surface area contributed by atoms with Crippen molar-refractivity contribution in [2.24, 2.45) is 5.92 Å². The topological polar surface area (TPSA) is 120 Å². The minimum absolute atomic E-state index is 0.0370. The van der Waals surface area contributed by atoms with Gasteiger partial charge in [0.1, 0.15) is 5.54 Å². The first-order valence-corrected chi connectivity index (χ1v) is 15.9. The predicted octanol–water partition coefficient (Wildman–Crippen LogP) is 3.54. The van der Waals surface area contributed by atoms with E-state index >= 15 is 0 Å². The molecule has 0 spiro atoms. The van der Waals surface area contributed by atoms with Crippen LogP contribution < -0.4 is 10.2 Å². The summed E-state index contributed by atoms with van der Waals surface area (Å²) in [4.78, 5) is 24.6. The summed E-state index contributed by atoms with van der Waals surface area (Å²) in [5, 5.41) is 22.1. The van der Waals surface area contributed by atoms with Crippen LogP contribution in [-0.4, -0.2) is 99.1 Å². The number of fused-ring (bicyclic) bond motifs is 1. The number of aromatic nitrogens is 5. The fourth-order valence-corrected chi connectivity index (χ4v) is 6.76. The highest BCUT2D eigenvalue weighted by molar-refractivity contribution is 5.94. The minimum atomic E-state index is -0.355. The van der Waals surface area contributed by atoms with Crippen molar-refractivity contribution in [1.82, 2.24) is 34.2 Å². The number of carbonyl (C=O) groups is 1. The maximum Gasteiger partial charge on any atom is 0.253 e. The largest absolute Gasteiger partial charge is 0.378 e. The Bertz CT molecular complexity index is 1690. The molecule has 6 heterocycles. The summed E-state index contributed by atoms with van der Waals surface area (Å²) < 4.78 is 9.07. The number of aryl methyl sites for hydroxylation is 1. The number of hydrogen-bond acceptors (Lipinski definition) is 9. The van der Waals surface area contributed by atoms with Crippen molar-refractivity contribution < 1.29 is 9.53 Å². The Labute approximate surface area is 263 Å². The van der Waals surface area contributed by atoms with Crippen LogP contribution in [0.1, 0.15) is 42.1 Å². The van der Waals surface area contributed by atoms with Gasteiger partial charge in [-0.3, -0.25) is 14.4 Å². The molecule has 0 saturated carbocycles. The van der Waals surface area contributed by atoms with Crippen LogP contribution in [0.2, 0.25) is 0 Å². The molecule has 3 aliphatic heterocycles. The number of benzene rings is 1. The SMILES string of the molecule is CCc1cnn(C2(CC#N)CN(c3cccn4nc(Nc5ccc(C(=O)N(C)CC6CCN(C7COC7)CC6)cc5)nc34)C2)c1. The number of pyridine rings is 1. The van der Waals surface area contributed by atoms with Crippen LogP contribution in [0.3, 0.4) is 0 Å². The number of nitriles is 1.